The van der Waals surface area contributed by atoms with Gasteiger partial charge in [-0.25, -0.2) is 13.4 Å². The number of pyridine rings is 1. The van der Waals surface area contributed by atoms with Crippen molar-refractivity contribution < 1.29 is 8.42 Å². The summed E-state index contributed by atoms with van der Waals surface area (Å²) in [5, 5.41) is 0. The van der Waals surface area contributed by atoms with Crippen LogP contribution in [0.2, 0.25) is 0 Å². The molecule has 7 heteroatoms. The number of halogens is 1. The second-order valence-corrected chi connectivity index (χ2v) is 6.04. The van der Waals surface area contributed by atoms with Gasteiger partial charge in [0.15, 0.2) is 0 Å². The third kappa shape index (κ3) is 2.80. The zero-order valence-corrected chi connectivity index (χ0v) is 11.6. The molecule has 1 heterocycles. The number of nitrogens with zero attached hydrogens (tertiary/aromatic N) is 1. The highest BCUT2D eigenvalue weighted by Crippen LogP contribution is 2.24. The minimum atomic E-state index is -3.65. The second kappa shape index (κ2) is 4.95. The molecule has 18 heavy (non-hydrogen) atoms. The van der Waals surface area contributed by atoms with Crippen LogP contribution in [0.15, 0.2) is 52.0 Å². The molecule has 0 fully saturated rings. The summed E-state index contributed by atoms with van der Waals surface area (Å²) in [5.41, 5.74) is 6.09. The molecule has 0 spiro atoms. The molecule has 1 aromatic heterocycles. The van der Waals surface area contributed by atoms with E-state index in [-0.39, 0.29) is 10.7 Å². The zero-order valence-electron chi connectivity index (χ0n) is 9.17. The van der Waals surface area contributed by atoms with E-state index in [1.54, 1.807) is 18.2 Å². The highest BCUT2D eigenvalue weighted by molar-refractivity contribution is 9.10. The quantitative estimate of drug-likeness (QED) is 0.846. The fourth-order valence-corrected chi connectivity index (χ4v) is 2.86. The number of aromatic nitrogens is 1. The zero-order chi connectivity index (χ0) is 13.2. The van der Waals surface area contributed by atoms with Gasteiger partial charge in [-0.05, 0) is 46.3 Å². The molecular weight excluding hydrogens is 318 g/mol. The normalized spacial score (nSPS) is 11.2. The number of nitrogens with one attached hydrogen (secondary N) is 1. The van der Waals surface area contributed by atoms with Crippen LogP contribution in [-0.2, 0) is 10.0 Å². The molecule has 3 N–H and O–H groups in total. The average molecular weight is 328 g/mol. The van der Waals surface area contributed by atoms with Crippen LogP contribution in [0, 0.1) is 0 Å². The Bertz CT molecular complexity index is 659. The fraction of sp³-hybridized carbons (Fsp3) is 0. The van der Waals surface area contributed by atoms with Gasteiger partial charge >= 0.3 is 0 Å². The van der Waals surface area contributed by atoms with Crippen LogP contribution in [-0.4, -0.2) is 13.4 Å². The summed E-state index contributed by atoms with van der Waals surface area (Å²) in [6.07, 6.45) is 1.51. The molecule has 0 saturated carbocycles. The number of anilines is 2. The molecule has 0 unspecified atom stereocenters. The Labute approximate surface area is 113 Å². The van der Waals surface area contributed by atoms with Crippen LogP contribution >= 0.6 is 15.9 Å². The Morgan fingerprint density at radius 3 is 2.61 bits per heavy atom. The fourth-order valence-electron chi connectivity index (χ4n) is 1.29. The van der Waals surface area contributed by atoms with Crippen LogP contribution in [0.1, 0.15) is 0 Å². The van der Waals surface area contributed by atoms with E-state index in [2.05, 4.69) is 25.6 Å². The van der Waals surface area contributed by atoms with E-state index < -0.39 is 10.0 Å². The molecule has 2 aromatic rings. The molecule has 1 aromatic carbocycles. The Morgan fingerprint density at radius 1 is 1.22 bits per heavy atom. The Balaban J connectivity index is 2.34. The summed E-state index contributed by atoms with van der Waals surface area (Å²) in [4.78, 5) is 4.02. The summed E-state index contributed by atoms with van der Waals surface area (Å²) in [6.45, 7) is 0. The van der Waals surface area contributed by atoms with Crippen LogP contribution in [0.5, 0.6) is 0 Å². The standard InChI is InChI=1S/C11H10BrN3O2S/c12-9-7-8(4-5-10(9)13)18(16,17)15-11-3-1-2-6-14-11/h1-7H,13H2,(H,14,15). The number of hydrogen-bond donors (Lipinski definition) is 2. The monoisotopic (exact) mass is 327 g/mol. The minimum absolute atomic E-state index is 0.120. The molecule has 5 nitrogen and oxygen atoms in total. The molecule has 0 radical (unpaired) electrons. The minimum Gasteiger partial charge on any atom is -0.398 e. The van der Waals surface area contributed by atoms with E-state index in [1.165, 1.54) is 24.4 Å². The van der Waals surface area contributed by atoms with E-state index in [9.17, 15) is 8.42 Å². The first kappa shape index (κ1) is 12.8. The molecule has 2 rings (SSSR count). The van der Waals surface area contributed by atoms with Crippen molar-refractivity contribution in [3.63, 3.8) is 0 Å². The van der Waals surface area contributed by atoms with Crippen molar-refractivity contribution in [2.75, 3.05) is 10.5 Å². The van der Waals surface area contributed by atoms with E-state index >= 15 is 0 Å². The average Bonchev–Trinajstić information content (AvgIpc) is 2.33. The van der Waals surface area contributed by atoms with Gasteiger partial charge in [-0.1, -0.05) is 6.07 Å². The van der Waals surface area contributed by atoms with E-state index in [4.69, 9.17) is 5.73 Å². The number of nitrogen functional groups attached to an aromatic ring is 1. The van der Waals surface area contributed by atoms with Crippen LogP contribution in [0.3, 0.4) is 0 Å². The maximum atomic E-state index is 12.1. The first-order valence-electron chi connectivity index (χ1n) is 4.98. The molecule has 0 aliphatic heterocycles. The molecule has 0 aliphatic rings. The Hall–Kier alpha value is -1.60. The number of nitrogens with two attached hydrogens (primary N) is 1. The van der Waals surface area contributed by atoms with Gasteiger partial charge in [-0.2, -0.15) is 0 Å². The van der Waals surface area contributed by atoms with Crippen molar-refractivity contribution >= 4 is 37.5 Å². The van der Waals surface area contributed by atoms with E-state index in [0.29, 0.717) is 10.2 Å². The molecule has 0 bridgehead atoms. The van der Waals surface area contributed by atoms with E-state index in [0.717, 1.165) is 0 Å². The topological polar surface area (TPSA) is 85.1 Å². The van der Waals surface area contributed by atoms with Gasteiger partial charge in [0.05, 0.1) is 4.90 Å². The summed E-state index contributed by atoms with van der Waals surface area (Å²) in [6, 6.07) is 9.38. The summed E-state index contributed by atoms with van der Waals surface area (Å²) in [5.74, 6) is 0.269. The first-order valence-corrected chi connectivity index (χ1v) is 7.25. The van der Waals surface area contributed by atoms with Crippen molar-refractivity contribution in [3.05, 3.63) is 47.1 Å². The Kier molecular flexibility index (Phi) is 3.53. The molecule has 0 atom stereocenters. The lowest BCUT2D eigenvalue weighted by atomic mass is 10.3. The van der Waals surface area contributed by atoms with Crippen molar-refractivity contribution in [1.29, 1.82) is 0 Å². The highest BCUT2D eigenvalue weighted by Gasteiger charge is 2.15. The van der Waals surface area contributed by atoms with Crippen molar-refractivity contribution in [3.8, 4) is 0 Å². The number of hydrogen-bond acceptors (Lipinski definition) is 4. The lowest BCUT2D eigenvalue weighted by Crippen LogP contribution is -2.13. The smallest absolute Gasteiger partial charge is 0.263 e. The van der Waals surface area contributed by atoms with Gasteiger partial charge < -0.3 is 5.73 Å². The molecule has 94 valence electrons. The van der Waals surface area contributed by atoms with Gasteiger partial charge in [-0.15, -0.1) is 0 Å². The number of sulfonamides is 1. The molecule has 0 saturated heterocycles. The van der Waals surface area contributed by atoms with Crippen molar-refractivity contribution in [1.82, 2.24) is 4.98 Å². The lowest BCUT2D eigenvalue weighted by Gasteiger charge is -2.08. The number of benzene rings is 1. The lowest BCUT2D eigenvalue weighted by molar-refractivity contribution is 0.601. The van der Waals surface area contributed by atoms with Gasteiger partial charge in [0.2, 0.25) is 0 Å². The summed E-state index contributed by atoms with van der Waals surface area (Å²) < 4.78 is 27.0. The third-order valence-electron chi connectivity index (χ3n) is 2.19. The third-order valence-corrected chi connectivity index (χ3v) is 4.23. The first-order chi connectivity index (χ1) is 8.49. The van der Waals surface area contributed by atoms with Gasteiger partial charge in [0.25, 0.3) is 10.0 Å². The van der Waals surface area contributed by atoms with Crippen LogP contribution in [0.4, 0.5) is 11.5 Å². The molecule has 0 amide bonds. The maximum Gasteiger partial charge on any atom is 0.263 e. The molecule has 0 aliphatic carbocycles. The SMILES string of the molecule is Nc1ccc(S(=O)(=O)Nc2ccccn2)cc1Br. The van der Waals surface area contributed by atoms with E-state index in [1.807, 2.05) is 0 Å². The highest BCUT2D eigenvalue weighted by atomic mass is 79.9. The largest absolute Gasteiger partial charge is 0.398 e. The van der Waals surface area contributed by atoms with Crippen molar-refractivity contribution in [2.24, 2.45) is 0 Å². The maximum absolute atomic E-state index is 12.1. The second-order valence-electron chi connectivity index (χ2n) is 3.50. The van der Waals surface area contributed by atoms with Crippen molar-refractivity contribution in [2.45, 2.75) is 4.90 Å². The molecular formula is C11H10BrN3O2S. The summed E-state index contributed by atoms with van der Waals surface area (Å²) >= 11 is 3.19. The Morgan fingerprint density at radius 2 is 2.00 bits per heavy atom. The predicted molar refractivity (Wildman–Crippen MR) is 73.6 cm³/mol. The van der Waals surface area contributed by atoms with Crippen LogP contribution in [0.25, 0.3) is 0 Å². The van der Waals surface area contributed by atoms with Crippen LogP contribution < -0.4 is 10.5 Å². The predicted octanol–water partition coefficient (Wildman–Crippen LogP) is 2.23. The van der Waals surface area contributed by atoms with Gasteiger partial charge in [0.1, 0.15) is 5.82 Å². The van der Waals surface area contributed by atoms with Gasteiger partial charge in [0, 0.05) is 16.4 Å². The van der Waals surface area contributed by atoms with Gasteiger partial charge in [-0.3, -0.25) is 4.72 Å². The number of rotatable bonds is 3. The summed E-state index contributed by atoms with van der Waals surface area (Å²) in [7, 11) is -3.65.